The van der Waals surface area contributed by atoms with Crippen molar-refractivity contribution in [3.05, 3.63) is 72.1 Å². The summed E-state index contributed by atoms with van der Waals surface area (Å²) in [5, 5.41) is 13.9. The van der Waals surface area contributed by atoms with Crippen molar-refractivity contribution in [2.24, 2.45) is 0 Å². The van der Waals surface area contributed by atoms with E-state index < -0.39 is 0 Å². The van der Waals surface area contributed by atoms with E-state index in [0.717, 1.165) is 27.8 Å². The average molecular weight is 333 g/mol. The average Bonchev–Trinajstić information content (AvgIpc) is 3.03. The van der Waals surface area contributed by atoms with Crippen LogP contribution in [0.1, 0.15) is 11.1 Å². The first-order valence-electron chi connectivity index (χ1n) is 7.61. The van der Waals surface area contributed by atoms with E-state index in [9.17, 15) is 0 Å². The van der Waals surface area contributed by atoms with Crippen molar-refractivity contribution in [2.45, 2.75) is 17.8 Å². The Morgan fingerprint density at radius 1 is 1.04 bits per heavy atom. The fraction of sp³-hybridized carbons (Fsp3) is 0.111. The van der Waals surface area contributed by atoms with Crippen molar-refractivity contribution in [2.75, 3.05) is 0 Å². The summed E-state index contributed by atoms with van der Waals surface area (Å²) < 4.78 is 1.79. The second kappa shape index (κ2) is 6.41. The van der Waals surface area contributed by atoms with Gasteiger partial charge in [0.25, 0.3) is 0 Å². The molecule has 3 heterocycles. The van der Waals surface area contributed by atoms with Crippen LogP contribution in [0.25, 0.3) is 16.9 Å². The molecule has 0 atom stereocenters. The van der Waals surface area contributed by atoms with E-state index in [2.05, 4.69) is 51.5 Å². The second-order valence-corrected chi connectivity index (χ2v) is 6.43. The van der Waals surface area contributed by atoms with E-state index in [0.29, 0.717) is 0 Å². The molecule has 0 unspecified atom stereocenters. The monoisotopic (exact) mass is 333 g/mol. The van der Waals surface area contributed by atoms with Crippen LogP contribution in [0.15, 0.2) is 66.1 Å². The number of rotatable bonds is 4. The van der Waals surface area contributed by atoms with Gasteiger partial charge in [-0.1, -0.05) is 41.6 Å². The minimum absolute atomic E-state index is 0.745. The third-order valence-corrected chi connectivity index (χ3v) is 4.63. The summed E-state index contributed by atoms with van der Waals surface area (Å²) in [6, 6.07) is 16.2. The van der Waals surface area contributed by atoms with Gasteiger partial charge in [0.2, 0.25) is 5.16 Å². The van der Waals surface area contributed by atoms with Gasteiger partial charge in [0.05, 0.1) is 5.69 Å². The van der Waals surface area contributed by atoms with Crippen LogP contribution in [0, 0.1) is 6.92 Å². The summed E-state index contributed by atoms with van der Waals surface area (Å²) in [6.45, 7) is 2.10. The summed E-state index contributed by atoms with van der Waals surface area (Å²) >= 11 is 1.63. The molecule has 0 radical (unpaired) electrons. The lowest BCUT2D eigenvalue weighted by Crippen LogP contribution is -1.96. The number of benzene rings is 1. The lowest BCUT2D eigenvalue weighted by molar-refractivity contribution is 0.812. The molecule has 0 N–H and O–H groups in total. The van der Waals surface area contributed by atoms with Crippen LogP contribution in [0.4, 0.5) is 0 Å². The van der Waals surface area contributed by atoms with Crippen molar-refractivity contribution in [3.8, 4) is 11.3 Å². The van der Waals surface area contributed by atoms with Gasteiger partial charge < -0.3 is 0 Å². The molecule has 0 aliphatic carbocycles. The highest BCUT2D eigenvalue weighted by atomic mass is 32.2. The Kier molecular flexibility index (Phi) is 3.96. The van der Waals surface area contributed by atoms with Crippen molar-refractivity contribution in [1.82, 2.24) is 24.8 Å². The summed E-state index contributed by atoms with van der Waals surface area (Å²) in [6.07, 6.45) is 3.56. The van der Waals surface area contributed by atoms with Crippen LogP contribution >= 0.6 is 11.8 Å². The number of nitrogens with zero attached hydrogens (tertiary/aromatic N) is 5. The van der Waals surface area contributed by atoms with Crippen molar-refractivity contribution in [3.63, 3.8) is 0 Å². The van der Waals surface area contributed by atoms with Crippen LogP contribution in [0.2, 0.25) is 0 Å². The molecule has 24 heavy (non-hydrogen) atoms. The van der Waals surface area contributed by atoms with E-state index in [-0.39, 0.29) is 0 Å². The normalized spacial score (nSPS) is 11.0. The number of pyridine rings is 1. The molecule has 5 nitrogen and oxygen atoms in total. The van der Waals surface area contributed by atoms with Crippen LogP contribution in [-0.2, 0) is 5.75 Å². The van der Waals surface area contributed by atoms with Gasteiger partial charge in [0, 0.05) is 23.7 Å². The van der Waals surface area contributed by atoms with Gasteiger partial charge in [0.1, 0.15) is 0 Å². The van der Waals surface area contributed by atoms with E-state index in [1.165, 1.54) is 11.1 Å². The number of thioether (sulfide) groups is 1. The predicted molar refractivity (Wildman–Crippen MR) is 94.8 cm³/mol. The van der Waals surface area contributed by atoms with Gasteiger partial charge in [-0.2, -0.15) is 9.61 Å². The summed E-state index contributed by atoms with van der Waals surface area (Å²) in [4.78, 5) is 4.15. The third kappa shape index (κ3) is 3.00. The number of fused-ring (bicyclic) bond motifs is 1. The fourth-order valence-electron chi connectivity index (χ4n) is 2.48. The zero-order chi connectivity index (χ0) is 16.4. The highest BCUT2D eigenvalue weighted by molar-refractivity contribution is 7.98. The zero-order valence-corrected chi connectivity index (χ0v) is 13.9. The molecule has 0 spiro atoms. The summed E-state index contributed by atoms with van der Waals surface area (Å²) in [5.74, 6) is 0.835. The van der Waals surface area contributed by atoms with Crippen LogP contribution in [0.3, 0.4) is 0 Å². The first-order valence-corrected chi connectivity index (χ1v) is 8.59. The zero-order valence-electron chi connectivity index (χ0n) is 13.1. The molecular formula is C18H15N5S. The Labute approximate surface area is 143 Å². The standard InChI is InChI=1S/C18H15N5S/c1-13-4-2-5-14(10-13)12-24-18-21-20-17-8-7-16(22-23(17)18)15-6-3-9-19-11-15/h2-11H,12H2,1H3. The molecule has 0 saturated heterocycles. The fourth-order valence-corrected chi connectivity index (χ4v) is 3.31. The van der Waals surface area contributed by atoms with Crippen LogP contribution in [-0.4, -0.2) is 24.8 Å². The Morgan fingerprint density at radius 3 is 2.83 bits per heavy atom. The van der Waals surface area contributed by atoms with E-state index in [1.54, 1.807) is 28.7 Å². The van der Waals surface area contributed by atoms with E-state index in [4.69, 9.17) is 0 Å². The molecule has 4 aromatic rings. The molecule has 3 aromatic heterocycles. The molecule has 0 amide bonds. The highest BCUT2D eigenvalue weighted by Crippen LogP contribution is 2.23. The Morgan fingerprint density at radius 2 is 2.00 bits per heavy atom. The molecule has 0 fully saturated rings. The lowest BCUT2D eigenvalue weighted by Gasteiger charge is -2.03. The molecule has 118 valence electrons. The minimum Gasteiger partial charge on any atom is -0.264 e. The van der Waals surface area contributed by atoms with Crippen LogP contribution < -0.4 is 0 Å². The van der Waals surface area contributed by atoms with Crippen LogP contribution in [0.5, 0.6) is 0 Å². The Bertz CT molecular complexity index is 981. The molecule has 4 rings (SSSR count). The first-order chi connectivity index (χ1) is 11.8. The van der Waals surface area contributed by atoms with E-state index in [1.807, 2.05) is 24.3 Å². The Balaban J connectivity index is 1.64. The lowest BCUT2D eigenvalue weighted by atomic mass is 10.2. The number of hydrogen-bond acceptors (Lipinski definition) is 5. The molecular weight excluding hydrogens is 318 g/mol. The maximum Gasteiger partial charge on any atom is 0.212 e. The Hall–Kier alpha value is -2.73. The van der Waals surface area contributed by atoms with Gasteiger partial charge in [-0.15, -0.1) is 10.2 Å². The van der Waals surface area contributed by atoms with Gasteiger partial charge >= 0.3 is 0 Å². The van der Waals surface area contributed by atoms with Crippen molar-refractivity contribution >= 4 is 17.4 Å². The largest absolute Gasteiger partial charge is 0.264 e. The third-order valence-electron chi connectivity index (χ3n) is 3.64. The minimum atomic E-state index is 0.745. The summed E-state index contributed by atoms with van der Waals surface area (Å²) in [7, 11) is 0. The predicted octanol–water partition coefficient (Wildman–Crippen LogP) is 3.79. The summed E-state index contributed by atoms with van der Waals surface area (Å²) in [5.41, 5.74) is 5.10. The molecule has 6 heteroatoms. The SMILES string of the molecule is Cc1cccc(CSc2nnc3ccc(-c4cccnc4)nn23)c1. The topological polar surface area (TPSA) is 56.0 Å². The number of aryl methyl sites for hydroxylation is 1. The van der Waals surface area contributed by atoms with E-state index >= 15 is 0 Å². The molecule has 0 aliphatic heterocycles. The maximum atomic E-state index is 4.67. The molecule has 0 aliphatic rings. The van der Waals surface area contributed by atoms with Gasteiger partial charge in [-0.3, -0.25) is 4.98 Å². The van der Waals surface area contributed by atoms with Gasteiger partial charge in [-0.05, 0) is 36.8 Å². The van der Waals surface area contributed by atoms with Crippen molar-refractivity contribution < 1.29 is 0 Å². The number of aromatic nitrogens is 5. The molecule has 0 bridgehead atoms. The quantitative estimate of drug-likeness (QED) is 0.532. The van der Waals surface area contributed by atoms with Crippen molar-refractivity contribution in [1.29, 1.82) is 0 Å². The number of hydrogen-bond donors (Lipinski definition) is 0. The van der Waals surface area contributed by atoms with Gasteiger partial charge in [0.15, 0.2) is 5.65 Å². The highest BCUT2D eigenvalue weighted by Gasteiger charge is 2.09. The molecule has 1 aromatic carbocycles. The molecule has 0 saturated carbocycles. The smallest absolute Gasteiger partial charge is 0.212 e. The van der Waals surface area contributed by atoms with Gasteiger partial charge in [-0.25, -0.2) is 0 Å². The second-order valence-electron chi connectivity index (χ2n) is 5.49. The first kappa shape index (κ1) is 14.8. The maximum absolute atomic E-state index is 4.67.